The lowest BCUT2D eigenvalue weighted by molar-refractivity contribution is -0.144. The van der Waals surface area contributed by atoms with E-state index in [0.29, 0.717) is 31.5 Å². The fourth-order valence-corrected chi connectivity index (χ4v) is 6.72. The van der Waals surface area contributed by atoms with Crippen molar-refractivity contribution in [2.45, 2.75) is 82.1 Å². The van der Waals surface area contributed by atoms with Gasteiger partial charge in [-0.1, -0.05) is 48.5 Å². The highest BCUT2D eigenvalue weighted by Crippen LogP contribution is 2.20. The van der Waals surface area contributed by atoms with E-state index >= 15 is 0 Å². The molecule has 4 aromatic rings. The lowest BCUT2D eigenvalue weighted by Gasteiger charge is -2.32. The number of primary amides is 1. The van der Waals surface area contributed by atoms with Crippen LogP contribution in [0.15, 0.2) is 73.3 Å². The van der Waals surface area contributed by atoms with Crippen LogP contribution in [0.3, 0.4) is 0 Å². The van der Waals surface area contributed by atoms with E-state index < -0.39 is 65.8 Å². The molecular weight excluding hydrogens is 733 g/mol. The fourth-order valence-electron chi connectivity index (χ4n) is 6.72. The number of hydrogen-bond acceptors (Lipinski definition) is 9. The average Bonchev–Trinajstić information content (AvgIpc) is 3.99. The zero-order valence-electron chi connectivity index (χ0n) is 31.9. The van der Waals surface area contributed by atoms with Gasteiger partial charge in [0.15, 0.2) is 0 Å². The number of aromatic nitrogens is 3. The molecule has 5 atom stereocenters. The number of urea groups is 1. The van der Waals surface area contributed by atoms with Gasteiger partial charge in [0, 0.05) is 61.3 Å². The first-order valence-electron chi connectivity index (χ1n) is 19.1. The van der Waals surface area contributed by atoms with Gasteiger partial charge in [0.05, 0.1) is 12.4 Å². The largest absolute Gasteiger partial charge is 0.368 e. The Kier molecular flexibility index (Phi) is 14.7. The molecule has 0 spiro atoms. The monoisotopic (exact) mass is 784 g/mol. The molecule has 5 rings (SSSR count). The lowest BCUT2D eigenvalue weighted by atomic mass is 10.0. The number of fused-ring (bicyclic) bond motifs is 1. The molecule has 1 saturated heterocycles. The first-order chi connectivity index (χ1) is 27.4. The second-order valence-electron chi connectivity index (χ2n) is 14.1. The van der Waals surface area contributed by atoms with Crippen LogP contribution in [0, 0.1) is 0 Å². The van der Waals surface area contributed by atoms with Crippen LogP contribution in [0.5, 0.6) is 0 Å². The topological polar surface area (TPSA) is 280 Å². The maximum absolute atomic E-state index is 13.9. The van der Waals surface area contributed by atoms with Gasteiger partial charge in [0.2, 0.25) is 23.6 Å². The summed E-state index contributed by atoms with van der Waals surface area (Å²) in [5.74, 6) is -3.11. The van der Waals surface area contributed by atoms with E-state index in [1.54, 1.807) is 36.7 Å². The number of nitrogens with zero attached hydrogens (tertiary/aromatic N) is 3. The Balaban J connectivity index is 1.27. The molecule has 18 heteroatoms. The molecule has 3 heterocycles. The predicted molar refractivity (Wildman–Crippen MR) is 211 cm³/mol. The van der Waals surface area contributed by atoms with E-state index in [4.69, 9.17) is 17.2 Å². The SMILES string of the molecule is C[C@H](NC(=O)[C@H](Cc1c[nH]c2ccccc12)NC(=O)[C@@H](N)Cc1cnc[nH]1)C(=O)N1CCCN1C(=O)N[C@@H](Cc1ccccc1)C(=O)N[C@@H](CCCCN)C(N)=O. The van der Waals surface area contributed by atoms with Crippen molar-refractivity contribution in [1.29, 1.82) is 0 Å². The molecule has 18 nitrogen and oxygen atoms in total. The van der Waals surface area contributed by atoms with E-state index in [1.165, 1.54) is 23.3 Å². The van der Waals surface area contributed by atoms with Crippen molar-refractivity contribution in [2.24, 2.45) is 17.2 Å². The number of hydrazine groups is 1. The molecule has 12 N–H and O–H groups in total. The van der Waals surface area contributed by atoms with Crippen LogP contribution in [0.1, 0.15) is 49.4 Å². The minimum Gasteiger partial charge on any atom is -0.368 e. The number of H-pyrrole nitrogens is 2. The van der Waals surface area contributed by atoms with Crippen molar-refractivity contribution < 1.29 is 28.8 Å². The lowest BCUT2D eigenvalue weighted by Crippen LogP contribution is -2.60. The molecule has 7 amide bonds. The molecule has 304 valence electrons. The number of carbonyl (C=O) groups is 6. The molecule has 1 fully saturated rings. The minimum absolute atomic E-state index is 0.0893. The Labute approximate surface area is 330 Å². The maximum Gasteiger partial charge on any atom is 0.336 e. The zero-order chi connectivity index (χ0) is 40.9. The highest BCUT2D eigenvalue weighted by molar-refractivity contribution is 5.95. The summed E-state index contributed by atoms with van der Waals surface area (Å²) in [4.78, 5) is 90.7. The summed E-state index contributed by atoms with van der Waals surface area (Å²) >= 11 is 0. The second-order valence-corrected chi connectivity index (χ2v) is 14.1. The minimum atomic E-state index is -1.13. The summed E-state index contributed by atoms with van der Waals surface area (Å²) in [6.07, 6.45) is 7.06. The third-order valence-electron chi connectivity index (χ3n) is 9.82. The molecule has 0 saturated carbocycles. The van der Waals surface area contributed by atoms with Crippen LogP contribution in [-0.2, 0) is 43.2 Å². The first kappa shape index (κ1) is 41.9. The Morgan fingerprint density at radius 3 is 2.19 bits per heavy atom. The first-order valence-corrected chi connectivity index (χ1v) is 19.1. The van der Waals surface area contributed by atoms with Gasteiger partial charge in [-0.2, -0.15) is 0 Å². The Morgan fingerprint density at radius 2 is 1.47 bits per heavy atom. The molecule has 2 aromatic carbocycles. The molecular formula is C39H52N12O6. The molecule has 2 aromatic heterocycles. The normalized spacial score (nSPS) is 15.3. The number of amides is 7. The van der Waals surface area contributed by atoms with Crippen LogP contribution >= 0.6 is 0 Å². The standard InChI is InChI=1S/C39H52N12O6/c1-24(46-36(54)33(19-26-21-44-30-13-6-5-12-28(26)30)48-35(53)29(41)20-27-22-43-23-45-27)38(56)50-16-9-17-51(50)39(57)49-32(18-25-10-3-2-4-11-25)37(55)47-31(34(42)52)14-7-8-15-40/h2-6,10-13,21-24,29,31-33,44H,7-9,14-20,40-41H2,1H3,(H2,42,52)(H,43,45)(H,46,54)(H,47,55)(H,48,53)(H,49,57)/t24-,29-,31-,32-,33-/m0/s1. The van der Waals surface area contributed by atoms with E-state index in [0.717, 1.165) is 22.0 Å². The number of carbonyl (C=O) groups excluding carboxylic acids is 6. The summed E-state index contributed by atoms with van der Waals surface area (Å²) in [5.41, 5.74) is 20.4. The Bertz CT molecular complexity index is 1990. The summed E-state index contributed by atoms with van der Waals surface area (Å²) in [6.45, 7) is 2.24. The van der Waals surface area contributed by atoms with Crippen molar-refractivity contribution in [1.82, 2.24) is 46.2 Å². The van der Waals surface area contributed by atoms with E-state index in [9.17, 15) is 28.8 Å². The van der Waals surface area contributed by atoms with Crippen LogP contribution in [0.2, 0.25) is 0 Å². The van der Waals surface area contributed by atoms with Gasteiger partial charge >= 0.3 is 6.03 Å². The average molecular weight is 785 g/mol. The number of nitrogens with two attached hydrogens (primary N) is 3. The number of para-hydroxylation sites is 1. The van der Waals surface area contributed by atoms with Gasteiger partial charge < -0.3 is 48.4 Å². The van der Waals surface area contributed by atoms with Gasteiger partial charge in [-0.3, -0.25) is 24.0 Å². The Hall–Kier alpha value is -6.27. The molecule has 57 heavy (non-hydrogen) atoms. The summed E-state index contributed by atoms with van der Waals surface area (Å²) < 4.78 is 0. The third kappa shape index (κ3) is 11.4. The van der Waals surface area contributed by atoms with Gasteiger partial charge in [0.1, 0.15) is 24.2 Å². The number of hydrogen-bond donors (Lipinski definition) is 9. The quantitative estimate of drug-likeness (QED) is 0.0572. The number of unbranched alkanes of at least 4 members (excludes halogenated alkanes) is 1. The van der Waals surface area contributed by atoms with Gasteiger partial charge in [-0.05, 0) is 56.3 Å². The predicted octanol–water partition coefficient (Wildman–Crippen LogP) is -0.138. The third-order valence-corrected chi connectivity index (χ3v) is 9.82. The van der Waals surface area contributed by atoms with Crippen LogP contribution in [0.25, 0.3) is 10.9 Å². The molecule has 0 aliphatic carbocycles. The smallest absolute Gasteiger partial charge is 0.336 e. The number of rotatable bonds is 19. The molecule has 1 aliphatic heterocycles. The molecule has 0 bridgehead atoms. The maximum atomic E-state index is 13.9. The number of nitrogens with one attached hydrogen (secondary N) is 6. The molecule has 1 aliphatic rings. The van der Waals surface area contributed by atoms with Crippen molar-refractivity contribution in [3.05, 3.63) is 90.1 Å². The zero-order valence-corrected chi connectivity index (χ0v) is 31.9. The van der Waals surface area contributed by atoms with E-state index in [2.05, 4.69) is 36.2 Å². The molecule has 0 radical (unpaired) electrons. The number of imidazole rings is 1. The highest BCUT2D eigenvalue weighted by Gasteiger charge is 2.37. The van der Waals surface area contributed by atoms with Crippen molar-refractivity contribution >= 4 is 46.5 Å². The van der Waals surface area contributed by atoms with Crippen molar-refractivity contribution in [3.8, 4) is 0 Å². The van der Waals surface area contributed by atoms with Crippen LogP contribution in [-0.4, -0.2) is 110 Å². The fraction of sp³-hybridized carbons (Fsp3) is 0.410. The van der Waals surface area contributed by atoms with Crippen molar-refractivity contribution in [2.75, 3.05) is 19.6 Å². The van der Waals surface area contributed by atoms with Crippen molar-refractivity contribution in [3.63, 3.8) is 0 Å². The number of benzene rings is 2. The van der Waals surface area contributed by atoms with Crippen LogP contribution in [0.4, 0.5) is 4.79 Å². The van der Waals surface area contributed by atoms with Gasteiger partial charge in [0.25, 0.3) is 5.91 Å². The van der Waals surface area contributed by atoms with E-state index in [1.807, 2.05) is 30.3 Å². The molecule has 0 unspecified atom stereocenters. The Morgan fingerprint density at radius 1 is 0.789 bits per heavy atom. The summed E-state index contributed by atoms with van der Waals surface area (Å²) in [5, 5.41) is 14.2. The highest BCUT2D eigenvalue weighted by atomic mass is 16.2. The van der Waals surface area contributed by atoms with Gasteiger partial charge in [-0.15, -0.1) is 0 Å². The summed E-state index contributed by atoms with van der Waals surface area (Å²) in [6, 6.07) is 10.5. The van der Waals surface area contributed by atoms with E-state index in [-0.39, 0.29) is 38.8 Å². The van der Waals surface area contributed by atoms with Gasteiger partial charge in [-0.25, -0.2) is 19.8 Å². The number of aromatic amines is 2. The van der Waals surface area contributed by atoms with Crippen LogP contribution < -0.4 is 38.5 Å². The second kappa shape index (κ2) is 20.1. The summed E-state index contributed by atoms with van der Waals surface area (Å²) in [7, 11) is 0.